The molecular weight excluding hydrogens is 261 g/mol. The molecule has 2 aliphatic heterocycles. The topological polar surface area (TPSA) is 30.5 Å². The number of rotatable bonds is 2. The van der Waals surface area contributed by atoms with Gasteiger partial charge in [-0.1, -0.05) is 30.3 Å². The monoisotopic (exact) mass is 283 g/mol. The zero-order valence-corrected chi connectivity index (χ0v) is 13.1. The van der Waals surface area contributed by atoms with Gasteiger partial charge in [-0.15, -0.1) is 0 Å². The summed E-state index contributed by atoms with van der Waals surface area (Å²) in [5.74, 6) is 0. The highest BCUT2D eigenvalue weighted by atomic mass is 16.7. The lowest BCUT2D eigenvalue weighted by Crippen LogP contribution is -2.41. The molecule has 0 atom stereocenters. The zero-order chi connectivity index (χ0) is 15.1. The summed E-state index contributed by atoms with van der Waals surface area (Å²) in [6, 6.07) is 8.42. The second-order valence-electron chi connectivity index (χ2n) is 6.65. The summed E-state index contributed by atoms with van der Waals surface area (Å²) in [5.41, 5.74) is 2.95. The maximum atomic E-state index is 6.12. The van der Waals surface area contributed by atoms with Gasteiger partial charge in [0.15, 0.2) is 0 Å². The fraction of sp³-hybridized carbons (Fsp3) is 0.412. The molecular formula is C17H22BNO2. The van der Waals surface area contributed by atoms with Gasteiger partial charge in [0.2, 0.25) is 0 Å². The molecule has 21 heavy (non-hydrogen) atoms. The number of hydrogen-bond acceptors (Lipinski definition) is 3. The van der Waals surface area contributed by atoms with E-state index in [1.54, 1.807) is 0 Å². The number of dihydropyridines is 1. The molecule has 3 nitrogen and oxygen atoms in total. The Kier molecular flexibility index (Phi) is 3.46. The van der Waals surface area contributed by atoms with E-state index in [0.717, 1.165) is 12.0 Å². The maximum Gasteiger partial charge on any atom is 0.494 e. The lowest BCUT2D eigenvalue weighted by molar-refractivity contribution is 0.00578. The molecule has 1 saturated heterocycles. The van der Waals surface area contributed by atoms with Crippen molar-refractivity contribution >= 4 is 18.2 Å². The largest absolute Gasteiger partial charge is 0.494 e. The van der Waals surface area contributed by atoms with Gasteiger partial charge in [0.25, 0.3) is 0 Å². The third-order valence-corrected chi connectivity index (χ3v) is 4.59. The smallest absolute Gasteiger partial charge is 0.399 e. The molecule has 3 rings (SSSR count). The molecule has 1 aromatic carbocycles. The first-order chi connectivity index (χ1) is 9.89. The Hall–Kier alpha value is -1.52. The minimum atomic E-state index is -0.304. The Morgan fingerprint density at radius 3 is 2.43 bits per heavy atom. The number of allylic oxidation sites excluding steroid dienone is 2. The Balaban J connectivity index is 1.88. The van der Waals surface area contributed by atoms with Crippen LogP contribution in [0.4, 0.5) is 0 Å². The molecule has 1 N–H and O–H groups in total. The van der Waals surface area contributed by atoms with E-state index in [1.807, 2.05) is 12.3 Å². The molecule has 4 heteroatoms. The SMILES string of the molecule is CC1(C)OB(c2cccc(C3=CC=CNC3)c2)OC1(C)C. The van der Waals surface area contributed by atoms with Crippen molar-refractivity contribution in [2.45, 2.75) is 38.9 Å². The van der Waals surface area contributed by atoms with Gasteiger partial charge in [-0.2, -0.15) is 0 Å². The van der Waals surface area contributed by atoms with E-state index in [4.69, 9.17) is 9.31 Å². The lowest BCUT2D eigenvalue weighted by atomic mass is 9.78. The van der Waals surface area contributed by atoms with Crippen LogP contribution >= 0.6 is 0 Å². The van der Waals surface area contributed by atoms with Crippen LogP contribution in [0.15, 0.2) is 42.6 Å². The molecule has 0 aromatic heterocycles. The molecule has 0 bridgehead atoms. The summed E-state index contributed by atoms with van der Waals surface area (Å²) < 4.78 is 12.2. The van der Waals surface area contributed by atoms with E-state index >= 15 is 0 Å². The van der Waals surface area contributed by atoms with Crippen LogP contribution in [-0.4, -0.2) is 24.9 Å². The molecule has 1 aromatic rings. The fourth-order valence-corrected chi connectivity index (χ4v) is 2.52. The van der Waals surface area contributed by atoms with Crippen molar-refractivity contribution in [1.82, 2.24) is 5.32 Å². The van der Waals surface area contributed by atoms with Crippen molar-refractivity contribution in [3.63, 3.8) is 0 Å². The highest BCUT2D eigenvalue weighted by Gasteiger charge is 2.51. The van der Waals surface area contributed by atoms with Gasteiger partial charge in [-0.25, -0.2) is 0 Å². The van der Waals surface area contributed by atoms with Crippen molar-refractivity contribution in [3.8, 4) is 0 Å². The molecule has 2 heterocycles. The summed E-state index contributed by atoms with van der Waals surface area (Å²) in [6.45, 7) is 9.16. The molecule has 1 fully saturated rings. The quantitative estimate of drug-likeness (QED) is 0.846. The van der Waals surface area contributed by atoms with Crippen LogP contribution in [0.1, 0.15) is 33.3 Å². The predicted molar refractivity (Wildman–Crippen MR) is 87.3 cm³/mol. The first kappa shape index (κ1) is 14.4. The van der Waals surface area contributed by atoms with Crippen LogP contribution in [-0.2, 0) is 9.31 Å². The molecule has 0 radical (unpaired) electrons. The summed E-state index contributed by atoms with van der Waals surface area (Å²) >= 11 is 0. The van der Waals surface area contributed by atoms with Crippen molar-refractivity contribution in [1.29, 1.82) is 0 Å². The summed E-state index contributed by atoms with van der Waals surface area (Å²) in [6.07, 6.45) is 6.13. The van der Waals surface area contributed by atoms with Gasteiger partial charge in [-0.05, 0) is 56.6 Å². The molecule has 0 saturated carbocycles. The standard InChI is InChI=1S/C17H22BNO2/c1-16(2)17(3,4)21-18(20-16)15-9-5-7-13(11-15)14-8-6-10-19-12-14/h5-11,19H,12H2,1-4H3. The van der Waals surface area contributed by atoms with Gasteiger partial charge in [0, 0.05) is 6.54 Å². The van der Waals surface area contributed by atoms with E-state index in [9.17, 15) is 0 Å². The molecule has 0 aliphatic carbocycles. The summed E-state index contributed by atoms with van der Waals surface area (Å²) in [5, 5.41) is 3.24. The van der Waals surface area contributed by atoms with E-state index in [1.165, 1.54) is 11.1 Å². The van der Waals surface area contributed by atoms with Gasteiger partial charge in [0.1, 0.15) is 0 Å². The van der Waals surface area contributed by atoms with E-state index in [-0.39, 0.29) is 18.3 Å². The molecule has 110 valence electrons. The highest BCUT2D eigenvalue weighted by Crippen LogP contribution is 2.36. The zero-order valence-electron chi connectivity index (χ0n) is 13.1. The van der Waals surface area contributed by atoms with Crippen molar-refractivity contribution in [3.05, 3.63) is 48.2 Å². The molecule has 2 aliphatic rings. The minimum Gasteiger partial charge on any atom is -0.399 e. The minimum absolute atomic E-state index is 0.303. The normalized spacial score (nSPS) is 22.9. The number of benzene rings is 1. The maximum absolute atomic E-state index is 6.12. The second-order valence-corrected chi connectivity index (χ2v) is 6.65. The first-order valence-electron chi connectivity index (χ1n) is 7.44. The van der Waals surface area contributed by atoms with Crippen molar-refractivity contribution in [2.75, 3.05) is 6.54 Å². The van der Waals surface area contributed by atoms with Crippen LogP contribution in [0, 0.1) is 0 Å². The second kappa shape index (κ2) is 5.04. The average molecular weight is 283 g/mol. The third kappa shape index (κ3) is 2.66. The van der Waals surface area contributed by atoms with Crippen molar-refractivity contribution in [2.24, 2.45) is 0 Å². The third-order valence-electron chi connectivity index (χ3n) is 4.59. The molecule has 0 amide bonds. The lowest BCUT2D eigenvalue weighted by Gasteiger charge is -2.32. The van der Waals surface area contributed by atoms with Crippen LogP contribution in [0.2, 0.25) is 0 Å². The first-order valence-corrected chi connectivity index (χ1v) is 7.44. The number of nitrogens with one attached hydrogen (secondary N) is 1. The Morgan fingerprint density at radius 2 is 1.81 bits per heavy atom. The van der Waals surface area contributed by atoms with Gasteiger partial charge >= 0.3 is 7.12 Å². The number of hydrogen-bond donors (Lipinski definition) is 1. The van der Waals surface area contributed by atoms with E-state index < -0.39 is 0 Å². The van der Waals surface area contributed by atoms with E-state index in [2.05, 4.69) is 63.4 Å². The Labute approximate surface area is 127 Å². The van der Waals surface area contributed by atoms with Crippen LogP contribution in [0.5, 0.6) is 0 Å². The van der Waals surface area contributed by atoms with Crippen LogP contribution < -0.4 is 10.8 Å². The van der Waals surface area contributed by atoms with Gasteiger partial charge in [-0.3, -0.25) is 0 Å². The summed E-state index contributed by atoms with van der Waals surface area (Å²) in [4.78, 5) is 0. The Morgan fingerprint density at radius 1 is 1.10 bits per heavy atom. The summed E-state index contributed by atoms with van der Waals surface area (Å²) in [7, 11) is -0.303. The predicted octanol–water partition coefficient (Wildman–Crippen LogP) is 2.49. The molecule has 0 unspecified atom stereocenters. The fourth-order valence-electron chi connectivity index (χ4n) is 2.52. The van der Waals surface area contributed by atoms with Crippen LogP contribution in [0.25, 0.3) is 5.57 Å². The highest BCUT2D eigenvalue weighted by molar-refractivity contribution is 6.62. The molecule has 0 spiro atoms. The Bertz CT molecular complexity index is 589. The van der Waals surface area contributed by atoms with Crippen LogP contribution in [0.3, 0.4) is 0 Å². The van der Waals surface area contributed by atoms with Crippen molar-refractivity contribution < 1.29 is 9.31 Å². The van der Waals surface area contributed by atoms with Gasteiger partial charge in [0.05, 0.1) is 11.2 Å². The van der Waals surface area contributed by atoms with Gasteiger partial charge < -0.3 is 14.6 Å². The average Bonchev–Trinajstić information content (AvgIpc) is 2.69. The van der Waals surface area contributed by atoms with E-state index in [0.29, 0.717) is 0 Å².